The molecule has 1 amide bonds. The Morgan fingerprint density at radius 2 is 1.96 bits per heavy atom. The number of carbonyl (C=O) groups excluding carboxylic acids is 1. The first-order chi connectivity index (χ1) is 11.0. The van der Waals surface area contributed by atoms with E-state index in [1.165, 1.54) is 12.8 Å². The molecule has 1 aromatic carbocycles. The van der Waals surface area contributed by atoms with Crippen molar-refractivity contribution in [2.45, 2.75) is 50.2 Å². The van der Waals surface area contributed by atoms with Gasteiger partial charge in [0.25, 0.3) is 0 Å². The number of hydrogen-bond acceptors (Lipinski definition) is 3. The third-order valence-corrected chi connectivity index (χ3v) is 5.39. The van der Waals surface area contributed by atoms with Crippen LogP contribution in [-0.4, -0.2) is 42.6 Å². The molecule has 2 aliphatic rings. The van der Waals surface area contributed by atoms with Crippen LogP contribution in [0.1, 0.15) is 32.1 Å². The van der Waals surface area contributed by atoms with Crippen molar-refractivity contribution in [1.29, 1.82) is 0 Å². The second-order valence-electron chi connectivity index (χ2n) is 6.44. The van der Waals surface area contributed by atoms with Crippen LogP contribution in [0.25, 0.3) is 0 Å². The molecular formula is C17H23Cl3N2O2. The van der Waals surface area contributed by atoms with E-state index in [0.717, 1.165) is 12.8 Å². The third kappa shape index (κ3) is 4.69. The van der Waals surface area contributed by atoms with E-state index in [0.29, 0.717) is 46.9 Å². The lowest BCUT2D eigenvalue weighted by atomic mass is 9.98. The first kappa shape index (κ1) is 19.6. The number of piperidine rings is 1. The quantitative estimate of drug-likeness (QED) is 0.824. The lowest BCUT2D eigenvalue weighted by Crippen LogP contribution is -2.48. The first-order valence-corrected chi connectivity index (χ1v) is 8.88. The molecule has 4 nitrogen and oxygen atoms in total. The molecule has 3 rings (SSSR count). The highest BCUT2D eigenvalue weighted by atomic mass is 35.5. The highest BCUT2D eigenvalue weighted by Gasteiger charge is 2.36. The van der Waals surface area contributed by atoms with E-state index in [1.54, 1.807) is 18.2 Å². The Hall–Kier alpha value is -0.680. The SMILES string of the molecule is CN(C(=O)CCOc1ccc(Cl)cc1Cl)C1CC2CCC(C1)N2.Cl. The number of rotatable bonds is 5. The zero-order valence-electron chi connectivity index (χ0n) is 13.6. The highest BCUT2D eigenvalue weighted by molar-refractivity contribution is 6.35. The molecular weight excluding hydrogens is 371 g/mol. The van der Waals surface area contributed by atoms with Gasteiger partial charge < -0.3 is 15.0 Å². The average molecular weight is 394 g/mol. The van der Waals surface area contributed by atoms with E-state index in [1.807, 2.05) is 11.9 Å². The molecule has 134 valence electrons. The monoisotopic (exact) mass is 392 g/mol. The summed E-state index contributed by atoms with van der Waals surface area (Å²) in [5.74, 6) is 0.688. The molecule has 2 atom stereocenters. The number of benzene rings is 1. The second kappa shape index (κ2) is 8.61. The van der Waals surface area contributed by atoms with Crippen molar-refractivity contribution in [3.05, 3.63) is 28.2 Å². The van der Waals surface area contributed by atoms with Crippen LogP contribution in [0.15, 0.2) is 18.2 Å². The largest absolute Gasteiger partial charge is 0.491 e. The summed E-state index contributed by atoms with van der Waals surface area (Å²) < 4.78 is 5.60. The summed E-state index contributed by atoms with van der Waals surface area (Å²) in [5.41, 5.74) is 0. The molecule has 0 spiro atoms. The van der Waals surface area contributed by atoms with Gasteiger partial charge in [-0.15, -0.1) is 12.4 Å². The lowest BCUT2D eigenvalue weighted by Gasteiger charge is -2.35. The van der Waals surface area contributed by atoms with Gasteiger partial charge in [0, 0.05) is 30.2 Å². The molecule has 2 unspecified atom stereocenters. The molecule has 0 aliphatic carbocycles. The number of amides is 1. The van der Waals surface area contributed by atoms with Gasteiger partial charge in [0.05, 0.1) is 18.1 Å². The number of fused-ring (bicyclic) bond motifs is 2. The van der Waals surface area contributed by atoms with Gasteiger partial charge >= 0.3 is 0 Å². The number of nitrogens with zero attached hydrogens (tertiary/aromatic N) is 1. The van der Waals surface area contributed by atoms with Crippen molar-refractivity contribution in [3.8, 4) is 5.75 Å². The van der Waals surface area contributed by atoms with Crippen LogP contribution in [-0.2, 0) is 4.79 Å². The Morgan fingerprint density at radius 3 is 2.58 bits per heavy atom. The van der Waals surface area contributed by atoms with Crippen LogP contribution in [0.2, 0.25) is 10.0 Å². The van der Waals surface area contributed by atoms with Crippen LogP contribution in [0.4, 0.5) is 0 Å². The fraction of sp³-hybridized carbons (Fsp3) is 0.588. The number of halogens is 3. The van der Waals surface area contributed by atoms with Gasteiger partial charge in [0.1, 0.15) is 5.75 Å². The maximum absolute atomic E-state index is 12.4. The normalized spacial score (nSPS) is 25.0. The molecule has 2 heterocycles. The molecule has 2 bridgehead atoms. The number of hydrogen-bond donors (Lipinski definition) is 1. The van der Waals surface area contributed by atoms with Gasteiger partial charge in [-0.3, -0.25) is 4.79 Å². The van der Waals surface area contributed by atoms with Crippen molar-refractivity contribution in [2.75, 3.05) is 13.7 Å². The lowest BCUT2D eigenvalue weighted by molar-refractivity contribution is -0.133. The molecule has 2 aliphatic heterocycles. The van der Waals surface area contributed by atoms with Gasteiger partial charge in [-0.05, 0) is 43.9 Å². The Morgan fingerprint density at radius 1 is 1.29 bits per heavy atom. The van der Waals surface area contributed by atoms with Crippen LogP contribution in [0.3, 0.4) is 0 Å². The van der Waals surface area contributed by atoms with E-state index >= 15 is 0 Å². The van der Waals surface area contributed by atoms with E-state index < -0.39 is 0 Å². The summed E-state index contributed by atoms with van der Waals surface area (Å²) in [6, 6.07) is 6.60. The minimum Gasteiger partial charge on any atom is -0.491 e. The summed E-state index contributed by atoms with van der Waals surface area (Å²) in [5, 5.41) is 4.64. The van der Waals surface area contributed by atoms with Crippen molar-refractivity contribution in [3.63, 3.8) is 0 Å². The number of ether oxygens (including phenoxy) is 1. The van der Waals surface area contributed by atoms with Crippen molar-refractivity contribution < 1.29 is 9.53 Å². The maximum atomic E-state index is 12.4. The highest BCUT2D eigenvalue weighted by Crippen LogP contribution is 2.30. The maximum Gasteiger partial charge on any atom is 0.225 e. The van der Waals surface area contributed by atoms with Crippen molar-refractivity contribution >= 4 is 41.5 Å². The molecule has 0 saturated carbocycles. The summed E-state index contributed by atoms with van der Waals surface area (Å²) in [7, 11) is 1.91. The summed E-state index contributed by atoms with van der Waals surface area (Å²) in [4.78, 5) is 14.3. The molecule has 2 saturated heterocycles. The summed E-state index contributed by atoms with van der Waals surface area (Å²) in [6.07, 6.45) is 4.95. The molecule has 2 fully saturated rings. The van der Waals surface area contributed by atoms with E-state index in [2.05, 4.69) is 5.32 Å². The average Bonchev–Trinajstić information content (AvgIpc) is 2.86. The predicted octanol–water partition coefficient (Wildman–Crippen LogP) is 3.93. The molecule has 0 radical (unpaired) electrons. The van der Waals surface area contributed by atoms with Crippen LogP contribution < -0.4 is 10.1 Å². The molecule has 1 aromatic rings. The first-order valence-electron chi connectivity index (χ1n) is 8.12. The molecule has 24 heavy (non-hydrogen) atoms. The van der Waals surface area contributed by atoms with Crippen LogP contribution in [0.5, 0.6) is 5.75 Å². The second-order valence-corrected chi connectivity index (χ2v) is 7.28. The van der Waals surface area contributed by atoms with Gasteiger partial charge in [-0.25, -0.2) is 0 Å². The fourth-order valence-corrected chi connectivity index (χ4v) is 4.03. The minimum absolute atomic E-state index is 0. The molecule has 1 N–H and O–H groups in total. The van der Waals surface area contributed by atoms with Crippen molar-refractivity contribution in [1.82, 2.24) is 10.2 Å². The Kier molecular flexibility index (Phi) is 7.05. The summed E-state index contributed by atoms with van der Waals surface area (Å²) in [6.45, 7) is 0.322. The zero-order chi connectivity index (χ0) is 16.4. The number of carbonyl (C=O) groups is 1. The van der Waals surface area contributed by atoms with Crippen molar-refractivity contribution in [2.24, 2.45) is 0 Å². The van der Waals surface area contributed by atoms with Crippen LogP contribution in [0, 0.1) is 0 Å². The zero-order valence-corrected chi connectivity index (χ0v) is 16.0. The van der Waals surface area contributed by atoms with E-state index in [4.69, 9.17) is 27.9 Å². The Balaban J connectivity index is 0.00000208. The Bertz CT molecular complexity index is 573. The number of nitrogens with one attached hydrogen (secondary N) is 1. The third-order valence-electron chi connectivity index (χ3n) is 4.86. The van der Waals surface area contributed by atoms with Crippen LogP contribution >= 0.6 is 35.6 Å². The molecule has 7 heteroatoms. The fourth-order valence-electron chi connectivity index (χ4n) is 3.56. The Labute approximate surface area is 159 Å². The predicted molar refractivity (Wildman–Crippen MR) is 99.6 cm³/mol. The minimum atomic E-state index is 0. The standard InChI is InChI=1S/C17H22Cl2N2O2.ClH/c1-21(14-9-12-3-4-13(10-14)20-12)17(22)6-7-23-16-5-2-11(18)8-15(16)19;/h2,5,8,12-14,20H,3-4,6-7,9-10H2,1H3;1H. The summed E-state index contributed by atoms with van der Waals surface area (Å²) >= 11 is 11.9. The topological polar surface area (TPSA) is 41.6 Å². The van der Waals surface area contributed by atoms with Gasteiger partial charge in [-0.1, -0.05) is 23.2 Å². The smallest absolute Gasteiger partial charge is 0.225 e. The van der Waals surface area contributed by atoms with Gasteiger partial charge in [-0.2, -0.15) is 0 Å². The van der Waals surface area contributed by atoms with E-state index in [-0.39, 0.29) is 18.3 Å². The van der Waals surface area contributed by atoms with Gasteiger partial charge in [0.15, 0.2) is 0 Å². The molecule has 0 aromatic heterocycles. The van der Waals surface area contributed by atoms with Gasteiger partial charge in [0.2, 0.25) is 5.91 Å². The van der Waals surface area contributed by atoms with E-state index in [9.17, 15) is 4.79 Å².